The van der Waals surface area contributed by atoms with Crippen molar-refractivity contribution in [2.45, 2.75) is 19.3 Å². The molecule has 0 aliphatic carbocycles. The van der Waals surface area contributed by atoms with Crippen LogP contribution in [0, 0.1) is 0 Å². The number of phenols is 1. The minimum Gasteiger partial charge on any atom is -0.507 e. The lowest BCUT2D eigenvalue weighted by atomic mass is 9.84. The number of aromatic amines is 1. The van der Waals surface area contributed by atoms with Crippen molar-refractivity contribution < 1.29 is 28.9 Å². The molecule has 2 aliphatic heterocycles. The summed E-state index contributed by atoms with van der Waals surface area (Å²) < 4.78 is 16.4. The predicted octanol–water partition coefficient (Wildman–Crippen LogP) is 2.65. The molecule has 8 nitrogen and oxygen atoms in total. The molecule has 0 saturated carbocycles. The van der Waals surface area contributed by atoms with Crippen LogP contribution in [0.5, 0.6) is 23.0 Å². The minimum atomic E-state index is -0.762. The van der Waals surface area contributed by atoms with Crippen LogP contribution < -0.4 is 19.8 Å². The van der Waals surface area contributed by atoms with Crippen LogP contribution in [0.4, 0.5) is 0 Å². The van der Waals surface area contributed by atoms with Crippen molar-refractivity contribution in [1.29, 1.82) is 0 Å². The van der Waals surface area contributed by atoms with E-state index >= 15 is 0 Å². The molecule has 2 aromatic carbocycles. The zero-order valence-electron chi connectivity index (χ0n) is 16.0. The smallest absolute Gasteiger partial charge is 0.312 e. The van der Waals surface area contributed by atoms with Gasteiger partial charge in [0.05, 0.1) is 17.5 Å². The maximum absolute atomic E-state index is 12.9. The average Bonchev–Trinajstić information content (AvgIpc) is 2.71. The quantitative estimate of drug-likeness (QED) is 0.381. The number of nitrogens with one attached hydrogen (secondary N) is 1. The highest BCUT2D eigenvalue weighted by molar-refractivity contribution is 5.98. The number of esters is 1. The van der Waals surface area contributed by atoms with Gasteiger partial charge in [-0.25, -0.2) is 0 Å². The van der Waals surface area contributed by atoms with Crippen molar-refractivity contribution in [3.05, 3.63) is 57.4 Å². The van der Waals surface area contributed by atoms with Crippen molar-refractivity contribution >= 4 is 22.7 Å². The second kappa shape index (κ2) is 6.62. The highest BCUT2D eigenvalue weighted by Crippen LogP contribution is 2.45. The summed E-state index contributed by atoms with van der Waals surface area (Å²) in [5.41, 5.74) is 0.803. The molecule has 8 heteroatoms. The van der Waals surface area contributed by atoms with Crippen LogP contribution in [0.15, 0.2) is 35.1 Å². The molecule has 0 radical (unpaired) electrons. The second-order valence-electron chi connectivity index (χ2n) is 7.30. The van der Waals surface area contributed by atoms with Crippen molar-refractivity contribution in [2.75, 3.05) is 13.2 Å². The SMILES string of the molecule is CC(=O)c1ccc2c(c1O)[C@H](c1cc3cc4c(cc3[nH]c1=O)OCCO4)CC(=O)O2. The number of rotatable bonds is 2. The highest BCUT2D eigenvalue weighted by Gasteiger charge is 2.34. The van der Waals surface area contributed by atoms with Gasteiger partial charge in [-0.2, -0.15) is 0 Å². The van der Waals surface area contributed by atoms with E-state index < -0.39 is 17.4 Å². The Kier molecular flexibility index (Phi) is 4.02. The number of aromatic hydroxyl groups is 1. The van der Waals surface area contributed by atoms with E-state index in [0.29, 0.717) is 35.6 Å². The van der Waals surface area contributed by atoms with Gasteiger partial charge in [0.2, 0.25) is 0 Å². The summed E-state index contributed by atoms with van der Waals surface area (Å²) in [6.45, 7) is 2.19. The van der Waals surface area contributed by atoms with Crippen LogP contribution in [-0.4, -0.2) is 35.1 Å². The van der Waals surface area contributed by atoms with Crippen molar-refractivity contribution in [2.24, 2.45) is 0 Å². The van der Waals surface area contributed by atoms with Gasteiger partial charge in [-0.15, -0.1) is 0 Å². The summed E-state index contributed by atoms with van der Waals surface area (Å²) >= 11 is 0. The maximum Gasteiger partial charge on any atom is 0.312 e. The number of benzene rings is 2. The fourth-order valence-electron chi connectivity index (χ4n) is 4.02. The first kappa shape index (κ1) is 18.2. The largest absolute Gasteiger partial charge is 0.507 e. The topological polar surface area (TPSA) is 115 Å². The van der Waals surface area contributed by atoms with E-state index in [9.17, 15) is 19.5 Å². The Balaban J connectivity index is 1.71. The zero-order valence-corrected chi connectivity index (χ0v) is 16.0. The van der Waals surface area contributed by atoms with E-state index in [-0.39, 0.29) is 40.4 Å². The first-order valence-corrected chi connectivity index (χ1v) is 9.46. The van der Waals surface area contributed by atoms with Crippen LogP contribution in [0.25, 0.3) is 10.9 Å². The highest BCUT2D eigenvalue weighted by atomic mass is 16.6. The van der Waals surface area contributed by atoms with Crippen molar-refractivity contribution in [1.82, 2.24) is 4.98 Å². The van der Waals surface area contributed by atoms with E-state index in [1.165, 1.54) is 19.1 Å². The molecule has 2 aliphatic rings. The van der Waals surface area contributed by atoms with Gasteiger partial charge >= 0.3 is 5.97 Å². The van der Waals surface area contributed by atoms with Crippen LogP contribution >= 0.6 is 0 Å². The van der Waals surface area contributed by atoms with Gasteiger partial charge in [-0.1, -0.05) is 0 Å². The van der Waals surface area contributed by atoms with Crippen LogP contribution in [0.2, 0.25) is 0 Å². The molecular formula is C22H17NO7. The van der Waals surface area contributed by atoms with Crippen molar-refractivity contribution in [3.8, 4) is 23.0 Å². The molecule has 0 spiro atoms. The van der Waals surface area contributed by atoms with Gasteiger partial charge in [-0.05, 0) is 31.2 Å². The van der Waals surface area contributed by atoms with Gasteiger partial charge in [0.25, 0.3) is 5.56 Å². The minimum absolute atomic E-state index is 0.105. The Morgan fingerprint density at radius 1 is 1.07 bits per heavy atom. The predicted molar refractivity (Wildman–Crippen MR) is 106 cm³/mol. The Morgan fingerprint density at radius 3 is 2.53 bits per heavy atom. The number of hydrogen-bond donors (Lipinski definition) is 2. The first-order chi connectivity index (χ1) is 14.4. The number of ketones is 1. The third-order valence-electron chi connectivity index (χ3n) is 5.41. The number of aromatic nitrogens is 1. The average molecular weight is 407 g/mol. The molecule has 0 unspecified atom stereocenters. The van der Waals surface area contributed by atoms with E-state index in [1.54, 1.807) is 18.2 Å². The normalized spacial score (nSPS) is 17.4. The molecule has 1 atom stereocenters. The number of hydrogen-bond acceptors (Lipinski definition) is 7. The third-order valence-corrected chi connectivity index (χ3v) is 5.41. The number of pyridine rings is 1. The number of phenolic OH excluding ortho intramolecular Hbond substituents is 1. The Hall–Kier alpha value is -3.81. The monoisotopic (exact) mass is 407 g/mol. The summed E-state index contributed by atoms with van der Waals surface area (Å²) in [5, 5.41) is 11.4. The fraction of sp³-hybridized carbons (Fsp3) is 0.227. The van der Waals surface area contributed by atoms with E-state index in [2.05, 4.69) is 4.98 Å². The molecule has 30 heavy (non-hydrogen) atoms. The molecule has 152 valence electrons. The lowest BCUT2D eigenvalue weighted by Crippen LogP contribution is -2.26. The number of fused-ring (bicyclic) bond motifs is 3. The molecule has 2 N–H and O–H groups in total. The summed E-state index contributed by atoms with van der Waals surface area (Å²) in [6, 6.07) is 7.99. The molecule has 0 amide bonds. The Morgan fingerprint density at radius 2 is 1.80 bits per heavy atom. The molecule has 3 aromatic rings. The standard InChI is InChI=1S/C22H17NO7/c1-10(24)12-2-3-16-20(21(12)26)13(8-19(25)30-16)14-6-11-7-17-18(29-5-4-28-17)9-15(11)23-22(14)27/h2-3,6-7,9,13,26H,4-5,8H2,1H3,(H,23,27)/t13-/m0/s1. The summed E-state index contributed by atoms with van der Waals surface area (Å²) in [5.74, 6) is -0.641. The van der Waals surface area contributed by atoms with Gasteiger partial charge in [0, 0.05) is 28.5 Å². The number of H-pyrrole nitrogens is 1. The number of carbonyl (C=O) groups is 2. The molecule has 0 saturated heterocycles. The fourth-order valence-corrected chi connectivity index (χ4v) is 4.02. The van der Waals surface area contributed by atoms with Crippen LogP contribution in [0.1, 0.15) is 40.7 Å². The molecule has 5 rings (SSSR count). The van der Waals surface area contributed by atoms with E-state index in [1.807, 2.05) is 0 Å². The molecule has 0 fully saturated rings. The van der Waals surface area contributed by atoms with Gasteiger partial charge in [0.1, 0.15) is 24.7 Å². The van der Waals surface area contributed by atoms with Gasteiger partial charge in [0.15, 0.2) is 17.3 Å². The van der Waals surface area contributed by atoms with E-state index in [4.69, 9.17) is 14.2 Å². The third kappa shape index (κ3) is 2.80. The molecular weight excluding hydrogens is 390 g/mol. The first-order valence-electron chi connectivity index (χ1n) is 9.46. The van der Waals surface area contributed by atoms with E-state index in [0.717, 1.165) is 0 Å². The molecule has 0 bridgehead atoms. The number of carbonyl (C=O) groups excluding carboxylic acids is 2. The summed E-state index contributed by atoms with van der Waals surface area (Å²) in [7, 11) is 0. The lowest BCUT2D eigenvalue weighted by molar-refractivity contribution is -0.135. The lowest BCUT2D eigenvalue weighted by Gasteiger charge is -2.26. The Labute approximate surface area is 170 Å². The molecule has 3 heterocycles. The van der Waals surface area contributed by atoms with Gasteiger partial charge in [-0.3, -0.25) is 14.4 Å². The summed E-state index contributed by atoms with van der Waals surface area (Å²) in [4.78, 5) is 39.8. The Bertz CT molecular complexity index is 1290. The number of ether oxygens (including phenoxy) is 3. The summed E-state index contributed by atoms with van der Waals surface area (Å²) in [6.07, 6.45) is -0.138. The van der Waals surface area contributed by atoms with Crippen LogP contribution in [-0.2, 0) is 4.79 Å². The second-order valence-corrected chi connectivity index (χ2v) is 7.30. The zero-order chi connectivity index (χ0) is 21.0. The maximum atomic E-state index is 12.9. The van der Waals surface area contributed by atoms with Crippen LogP contribution in [0.3, 0.4) is 0 Å². The number of Topliss-reactive ketones (excluding diaryl/α,β-unsaturated/α-hetero) is 1. The van der Waals surface area contributed by atoms with Crippen molar-refractivity contribution in [3.63, 3.8) is 0 Å². The van der Waals surface area contributed by atoms with Gasteiger partial charge < -0.3 is 24.3 Å². The molecule has 1 aromatic heterocycles.